The second kappa shape index (κ2) is 6.20. The van der Waals surface area contributed by atoms with Gasteiger partial charge >= 0.3 is 0 Å². The summed E-state index contributed by atoms with van der Waals surface area (Å²) in [5.41, 5.74) is 0. The molecule has 0 radical (unpaired) electrons. The summed E-state index contributed by atoms with van der Waals surface area (Å²) in [6.45, 7) is 6.23. The van der Waals surface area contributed by atoms with Crippen molar-refractivity contribution in [2.45, 2.75) is 12.8 Å². The number of nitrogens with one attached hydrogen (secondary N) is 1. The summed E-state index contributed by atoms with van der Waals surface area (Å²) < 4.78 is 1.22. The Morgan fingerprint density at radius 2 is 1.91 bits per heavy atom. The fraction of sp³-hybridized carbons (Fsp3) is 1.00. The van der Waals surface area contributed by atoms with E-state index in [1.165, 1.54) is 43.4 Å². The van der Waals surface area contributed by atoms with E-state index in [2.05, 4.69) is 32.8 Å². The molecule has 0 aliphatic carbocycles. The molecule has 1 saturated heterocycles. The Morgan fingerprint density at radius 1 is 1.18 bits per heavy atom. The van der Waals surface area contributed by atoms with Crippen LogP contribution in [0.25, 0.3) is 0 Å². The fourth-order valence-electron chi connectivity index (χ4n) is 1.44. The summed E-state index contributed by atoms with van der Waals surface area (Å²) >= 11 is 2.40. The first-order chi connectivity index (χ1) is 5.43. The average molecular weight is 268 g/mol. The SMILES string of the molecule is ICCNCCN1CCCC1. The van der Waals surface area contributed by atoms with Gasteiger partial charge in [-0.3, -0.25) is 0 Å². The highest BCUT2D eigenvalue weighted by atomic mass is 127. The summed E-state index contributed by atoms with van der Waals surface area (Å²) in [5, 5.41) is 3.41. The van der Waals surface area contributed by atoms with Gasteiger partial charge in [-0.2, -0.15) is 0 Å². The summed E-state index contributed by atoms with van der Waals surface area (Å²) in [6.07, 6.45) is 2.82. The molecule has 1 N–H and O–H groups in total. The first-order valence-corrected chi connectivity index (χ1v) is 5.95. The fourth-order valence-corrected chi connectivity index (χ4v) is 1.82. The largest absolute Gasteiger partial charge is 0.315 e. The first-order valence-electron chi connectivity index (χ1n) is 4.42. The minimum Gasteiger partial charge on any atom is -0.315 e. The Labute approximate surface area is 82.9 Å². The lowest BCUT2D eigenvalue weighted by atomic mass is 10.4. The molecular formula is C8H17IN2. The van der Waals surface area contributed by atoms with Crippen molar-refractivity contribution >= 4 is 22.6 Å². The van der Waals surface area contributed by atoms with E-state index in [4.69, 9.17) is 0 Å². The van der Waals surface area contributed by atoms with Gasteiger partial charge in [0, 0.05) is 24.1 Å². The predicted octanol–water partition coefficient (Wildman–Crippen LogP) is 1.11. The molecule has 1 aliphatic rings. The highest BCUT2D eigenvalue weighted by molar-refractivity contribution is 14.1. The molecule has 0 bridgehead atoms. The van der Waals surface area contributed by atoms with Crippen LogP contribution in [0.5, 0.6) is 0 Å². The lowest BCUT2D eigenvalue weighted by molar-refractivity contribution is 0.337. The van der Waals surface area contributed by atoms with Gasteiger partial charge in [-0.15, -0.1) is 0 Å². The van der Waals surface area contributed by atoms with Crippen LogP contribution in [0.2, 0.25) is 0 Å². The molecule has 0 spiro atoms. The van der Waals surface area contributed by atoms with Crippen LogP contribution in [-0.4, -0.2) is 42.1 Å². The van der Waals surface area contributed by atoms with E-state index in [1.54, 1.807) is 0 Å². The Hall–Kier alpha value is 0.650. The zero-order chi connectivity index (χ0) is 7.94. The summed E-state index contributed by atoms with van der Waals surface area (Å²) in [4.78, 5) is 2.54. The highest BCUT2D eigenvalue weighted by Crippen LogP contribution is 2.05. The van der Waals surface area contributed by atoms with Crippen molar-refractivity contribution in [1.82, 2.24) is 10.2 Å². The Bertz CT molecular complexity index is 92.1. The van der Waals surface area contributed by atoms with Crippen molar-refractivity contribution in [3.05, 3.63) is 0 Å². The molecule has 1 aliphatic heterocycles. The van der Waals surface area contributed by atoms with Crippen LogP contribution in [0.3, 0.4) is 0 Å². The Balaban J connectivity index is 1.86. The Kier molecular flexibility index (Phi) is 5.49. The van der Waals surface area contributed by atoms with Crippen molar-refractivity contribution in [3.63, 3.8) is 0 Å². The summed E-state index contributed by atoms with van der Waals surface area (Å²) in [6, 6.07) is 0. The maximum atomic E-state index is 3.41. The number of alkyl halides is 1. The van der Waals surface area contributed by atoms with E-state index in [0.29, 0.717) is 0 Å². The third-order valence-corrected chi connectivity index (χ3v) is 2.61. The second-order valence-corrected chi connectivity index (χ2v) is 4.07. The van der Waals surface area contributed by atoms with E-state index >= 15 is 0 Å². The van der Waals surface area contributed by atoms with Crippen LogP contribution in [0.15, 0.2) is 0 Å². The van der Waals surface area contributed by atoms with Crippen molar-refractivity contribution in [2.24, 2.45) is 0 Å². The lowest BCUT2D eigenvalue weighted by Crippen LogP contribution is -2.30. The number of likely N-dealkylation sites (tertiary alicyclic amines) is 1. The second-order valence-electron chi connectivity index (χ2n) is 2.99. The van der Waals surface area contributed by atoms with Gasteiger partial charge in [-0.05, 0) is 25.9 Å². The minimum atomic E-state index is 1.16. The van der Waals surface area contributed by atoms with Crippen LogP contribution in [0.1, 0.15) is 12.8 Å². The molecule has 0 aromatic carbocycles. The van der Waals surface area contributed by atoms with Crippen LogP contribution in [0, 0.1) is 0 Å². The van der Waals surface area contributed by atoms with Gasteiger partial charge in [-0.25, -0.2) is 0 Å². The maximum Gasteiger partial charge on any atom is 0.0121 e. The summed E-state index contributed by atoms with van der Waals surface area (Å²) in [7, 11) is 0. The van der Waals surface area contributed by atoms with Crippen LogP contribution in [-0.2, 0) is 0 Å². The molecule has 0 amide bonds. The molecule has 0 aromatic rings. The summed E-state index contributed by atoms with van der Waals surface area (Å²) in [5.74, 6) is 0. The smallest absolute Gasteiger partial charge is 0.0121 e. The quantitative estimate of drug-likeness (QED) is 0.456. The zero-order valence-electron chi connectivity index (χ0n) is 6.98. The molecule has 2 nitrogen and oxygen atoms in total. The van der Waals surface area contributed by atoms with Gasteiger partial charge in [0.15, 0.2) is 0 Å². The molecule has 1 fully saturated rings. The number of hydrogen-bond acceptors (Lipinski definition) is 2. The molecular weight excluding hydrogens is 251 g/mol. The minimum absolute atomic E-state index is 1.16. The molecule has 11 heavy (non-hydrogen) atoms. The molecule has 3 heteroatoms. The van der Waals surface area contributed by atoms with E-state index in [9.17, 15) is 0 Å². The van der Waals surface area contributed by atoms with Crippen LogP contribution >= 0.6 is 22.6 Å². The lowest BCUT2D eigenvalue weighted by Gasteiger charge is -2.13. The van der Waals surface area contributed by atoms with Gasteiger partial charge in [0.25, 0.3) is 0 Å². The van der Waals surface area contributed by atoms with E-state index in [-0.39, 0.29) is 0 Å². The molecule has 0 atom stereocenters. The normalized spacial score (nSPS) is 19.4. The molecule has 1 heterocycles. The van der Waals surface area contributed by atoms with Gasteiger partial charge < -0.3 is 10.2 Å². The van der Waals surface area contributed by atoms with Crippen LogP contribution in [0.4, 0.5) is 0 Å². The van der Waals surface area contributed by atoms with E-state index < -0.39 is 0 Å². The van der Waals surface area contributed by atoms with Gasteiger partial charge in [0.1, 0.15) is 0 Å². The molecule has 1 rings (SSSR count). The van der Waals surface area contributed by atoms with Gasteiger partial charge in [-0.1, -0.05) is 22.6 Å². The molecule has 66 valence electrons. The average Bonchev–Trinajstić information content (AvgIpc) is 2.50. The number of hydrogen-bond donors (Lipinski definition) is 1. The van der Waals surface area contributed by atoms with E-state index in [0.717, 1.165) is 6.54 Å². The van der Waals surface area contributed by atoms with Gasteiger partial charge in [0.2, 0.25) is 0 Å². The predicted molar refractivity (Wildman–Crippen MR) is 57.4 cm³/mol. The maximum absolute atomic E-state index is 3.41. The topological polar surface area (TPSA) is 15.3 Å². The van der Waals surface area contributed by atoms with Crippen molar-refractivity contribution in [1.29, 1.82) is 0 Å². The van der Waals surface area contributed by atoms with Crippen molar-refractivity contribution in [3.8, 4) is 0 Å². The number of rotatable bonds is 5. The van der Waals surface area contributed by atoms with Gasteiger partial charge in [0.05, 0.1) is 0 Å². The third kappa shape index (κ3) is 4.28. The van der Waals surface area contributed by atoms with Crippen LogP contribution < -0.4 is 5.32 Å². The number of halogens is 1. The van der Waals surface area contributed by atoms with Crippen molar-refractivity contribution < 1.29 is 0 Å². The molecule has 0 aromatic heterocycles. The van der Waals surface area contributed by atoms with E-state index in [1.807, 2.05) is 0 Å². The monoisotopic (exact) mass is 268 g/mol. The Morgan fingerprint density at radius 3 is 2.55 bits per heavy atom. The number of nitrogens with zero attached hydrogens (tertiary/aromatic N) is 1. The zero-order valence-corrected chi connectivity index (χ0v) is 9.14. The third-order valence-electron chi connectivity index (χ3n) is 2.07. The first kappa shape index (κ1) is 9.74. The molecule has 0 saturated carbocycles. The standard InChI is InChI=1S/C8H17IN2/c9-3-4-10-5-8-11-6-1-2-7-11/h10H,1-8H2. The van der Waals surface area contributed by atoms with Crippen molar-refractivity contribution in [2.75, 3.05) is 37.2 Å². The highest BCUT2D eigenvalue weighted by Gasteiger charge is 2.09. The molecule has 0 unspecified atom stereocenters.